The maximum atomic E-state index is 5.02. The second-order valence-electron chi connectivity index (χ2n) is 4.25. The minimum Gasteiger partial charge on any atom is -0.385 e. The average molecular weight is 261 g/mol. The Morgan fingerprint density at radius 1 is 1.32 bits per heavy atom. The molecule has 6 nitrogen and oxygen atoms in total. The lowest BCUT2D eigenvalue weighted by Crippen LogP contribution is -2.11. The number of ether oxygens (including phenoxy) is 1. The lowest BCUT2D eigenvalue weighted by Gasteiger charge is -2.09. The van der Waals surface area contributed by atoms with Gasteiger partial charge < -0.3 is 14.6 Å². The summed E-state index contributed by atoms with van der Waals surface area (Å²) in [4.78, 5) is 12.8. The van der Waals surface area contributed by atoms with E-state index in [-0.39, 0.29) is 0 Å². The summed E-state index contributed by atoms with van der Waals surface area (Å²) in [7, 11) is 1.71. The first kappa shape index (κ1) is 13.5. The number of imidazole rings is 1. The van der Waals surface area contributed by atoms with Gasteiger partial charge in [-0.2, -0.15) is 0 Å². The van der Waals surface area contributed by atoms with Gasteiger partial charge in [-0.15, -0.1) is 0 Å². The van der Waals surface area contributed by atoms with E-state index >= 15 is 0 Å². The van der Waals surface area contributed by atoms with Crippen molar-refractivity contribution in [3.05, 3.63) is 36.2 Å². The molecule has 1 N–H and O–H groups in total. The van der Waals surface area contributed by atoms with Crippen molar-refractivity contribution in [2.24, 2.45) is 0 Å². The van der Waals surface area contributed by atoms with Crippen molar-refractivity contribution in [3.63, 3.8) is 0 Å². The third-order valence-electron chi connectivity index (χ3n) is 2.69. The van der Waals surface area contributed by atoms with E-state index in [1.807, 2.05) is 23.8 Å². The van der Waals surface area contributed by atoms with Crippen LogP contribution in [0, 0.1) is 6.92 Å². The highest BCUT2D eigenvalue weighted by Crippen LogP contribution is 2.07. The third kappa shape index (κ3) is 4.03. The molecule has 2 aromatic rings. The molecule has 0 unspecified atom stereocenters. The van der Waals surface area contributed by atoms with Crippen LogP contribution in [-0.4, -0.2) is 39.8 Å². The molecule has 0 atom stereocenters. The molecule has 0 radical (unpaired) electrons. The number of anilines is 1. The number of hydrogen-bond acceptors (Lipinski definition) is 5. The Hall–Kier alpha value is -1.95. The van der Waals surface area contributed by atoms with Crippen LogP contribution in [0.3, 0.4) is 0 Å². The van der Waals surface area contributed by atoms with E-state index in [2.05, 4.69) is 20.3 Å². The standard InChI is InChI=1S/C13H19N5O/c1-11-14-6-4-12(17-11)10-18-8-7-16-13(18)15-5-3-9-19-2/h4,6-8H,3,5,9-10H2,1-2H3,(H,15,16). The van der Waals surface area contributed by atoms with Gasteiger partial charge in [0.2, 0.25) is 5.95 Å². The first-order valence-corrected chi connectivity index (χ1v) is 6.32. The van der Waals surface area contributed by atoms with Gasteiger partial charge in [0.1, 0.15) is 5.82 Å². The molecule has 0 fully saturated rings. The normalized spacial score (nSPS) is 10.6. The summed E-state index contributed by atoms with van der Waals surface area (Å²) in [6, 6.07) is 1.92. The van der Waals surface area contributed by atoms with E-state index in [4.69, 9.17) is 4.74 Å². The molecule has 0 spiro atoms. The lowest BCUT2D eigenvalue weighted by atomic mass is 10.4. The van der Waals surface area contributed by atoms with E-state index in [0.29, 0.717) is 6.54 Å². The topological polar surface area (TPSA) is 64.9 Å². The zero-order chi connectivity index (χ0) is 13.5. The Bertz CT molecular complexity index is 511. The monoisotopic (exact) mass is 261 g/mol. The fraction of sp³-hybridized carbons (Fsp3) is 0.462. The maximum absolute atomic E-state index is 5.02. The van der Waals surface area contributed by atoms with Gasteiger partial charge in [0.05, 0.1) is 12.2 Å². The summed E-state index contributed by atoms with van der Waals surface area (Å²) in [5, 5.41) is 3.29. The van der Waals surface area contributed by atoms with Gasteiger partial charge in [-0.25, -0.2) is 15.0 Å². The molecule has 0 aliphatic heterocycles. The van der Waals surface area contributed by atoms with Gasteiger partial charge in [-0.3, -0.25) is 0 Å². The fourth-order valence-electron chi connectivity index (χ4n) is 1.79. The second kappa shape index (κ2) is 6.84. The molecule has 0 aliphatic carbocycles. The van der Waals surface area contributed by atoms with Crippen molar-refractivity contribution >= 4 is 5.95 Å². The van der Waals surface area contributed by atoms with Crippen molar-refractivity contribution in [1.82, 2.24) is 19.5 Å². The summed E-state index contributed by atoms with van der Waals surface area (Å²) < 4.78 is 7.05. The van der Waals surface area contributed by atoms with Crippen LogP contribution in [0.1, 0.15) is 17.9 Å². The van der Waals surface area contributed by atoms with Gasteiger partial charge in [-0.05, 0) is 19.4 Å². The Morgan fingerprint density at radius 2 is 2.21 bits per heavy atom. The summed E-state index contributed by atoms with van der Waals surface area (Å²) in [6.45, 7) is 4.17. The minimum atomic E-state index is 0.690. The maximum Gasteiger partial charge on any atom is 0.203 e. The first-order valence-electron chi connectivity index (χ1n) is 6.32. The van der Waals surface area contributed by atoms with Crippen molar-refractivity contribution in [3.8, 4) is 0 Å². The third-order valence-corrected chi connectivity index (χ3v) is 2.69. The number of aryl methyl sites for hydroxylation is 1. The molecule has 2 aromatic heterocycles. The highest BCUT2D eigenvalue weighted by Gasteiger charge is 2.04. The van der Waals surface area contributed by atoms with Crippen LogP contribution in [0.5, 0.6) is 0 Å². The Morgan fingerprint density at radius 3 is 3.00 bits per heavy atom. The van der Waals surface area contributed by atoms with Crippen molar-refractivity contribution in [1.29, 1.82) is 0 Å². The van der Waals surface area contributed by atoms with E-state index in [9.17, 15) is 0 Å². The van der Waals surface area contributed by atoms with Gasteiger partial charge >= 0.3 is 0 Å². The summed E-state index contributed by atoms with van der Waals surface area (Å²) in [6.07, 6.45) is 6.46. The number of aromatic nitrogens is 4. The number of methoxy groups -OCH3 is 1. The molecule has 0 aromatic carbocycles. The molecule has 2 heterocycles. The molecule has 19 heavy (non-hydrogen) atoms. The van der Waals surface area contributed by atoms with E-state index in [1.165, 1.54) is 0 Å². The molecule has 0 aliphatic rings. The van der Waals surface area contributed by atoms with Gasteiger partial charge in [0, 0.05) is 38.9 Å². The average Bonchev–Trinajstić information content (AvgIpc) is 2.82. The van der Waals surface area contributed by atoms with Crippen LogP contribution < -0.4 is 5.32 Å². The zero-order valence-corrected chi connectivity index (χ0v) is 11.3. The van der Waals surface area contributed by atoms with E-state index in [0.717, 1.165) is 37.0 Å². The zero-order valence-electron chi connectivity index (χ0n) is 11.3. The molecule has 0 saturated carbocycles. The quantitative estimate of drug-likeness (QED) is 0.765. The summed E-state index contributed by atoms with van der Waals surface area (Å²) in [5.41, 5.74) is 0.977. The summed E-state index contributed by atoms with van der Waals surface area (Å²) in [5.74, 6) is 1.64. The van der Waals surface area contributed by atoms with E-state index < -0.39 is 0 Å². The first-order chi connectivity index (χ1) is 9.29. The molecule has 0 amide bonds. The molecular weight excluding hydrogens is 242 g/mol. The minimum absolute atomic E-state index is 0.690. The largest absolute Gasteiger partial charge is 0.385 e. The summed E-state index contributed by atoms with van der Waals surface area (Å²) >= 11 is 0. The van der Waals surface area contributed by atoms with Gasteiger partial charge in [-0.1, -0.05) is 0 Å². The van der Waals surface area contributed by atoms with Crippen LogP contribution >= 0.6 is 0 Å². The predicted octanol–water partition coefficient (Wildman–Crippen LogP) is 1.48. The SMILES string of the molecule is COCCCNc1nccn1Cc1ccnc(C)n1. The number of hydrogen-bond donors (Lipinski definition) is 1. The van der Waals surface area contributed by atoms with Crippen LogP contribution in [0.2, 0.25) is 0 Å². The van der Waals surface area contributed by atoms with Gasteiger partial charge in [0.25, 0.3) is 0 Å². The molecule has 0 saturated heterocycles. The molecule has 6 heteroatoms. The molecule has 2 rings (SSSR count). The van der Waals surface area contributed by atoms with Gasteiger partial charge in [0.15, 0.2) is 0 Å². The second-order valence-corrected chi connectivity index (χ2v) is 4.25. The van der Waals surface area contributed by atoms with Crippen LogP contribution in [0.4, 0.5) is 5.95 Å². The smallest absolute Gasteiger partial charge is 0.203 e. The van der Waals surface area contributed by atoms with E-state index in [1.54, 1.807) is 19.5 Å². The fourth-order valence-corrected chi connectivity index (χ4v) is 1.79. The molecule has 102 valence electrons. The van der Waals surface area contributed by atoms with Crippen molar-refractivity contribution in [2.75, 3.05) is 25.6 Å². The van der Waals surface area contributed by atoms with Crippen molar-refractivity contribution in [2.45, 2.75) is 19.9 Å². The highest BCUT2D eigenvalue weighted by atomic mass is 16.5. The Labute approximate surface area is 112 Å². The van der Waals surface area contributed by atoms with Crippen LogP contribution in [0.25, 0.3) is 0 Å². The number of rotatable bonds is 7. The molecule has 0 bridgehead atoms. The number of nitrogens with one attached hydrogen (secondary N) is 1. The Balaban J connectivity index is 1.95. The van der Waals surface area contributed by atoms with Crippen LogP contribution in [0.15, 0.2) is 24.7 Å². The van der Waals surface area contributed by atoms with Crippen molar-refractivity contribution < 1.29 is 4.74 Å². The molecular formula is C13H19N5O. The lowest BCUT2D eigenvalue weighted by molar-refractivity contribution is 0.197. The number of nitrogens with zero attached hydrogens (tertiary/aromatic N) is 4. The predicted molar refractivity (Wildman–Crippen MR) is 73.1 cm³/mol. The highest BCUT2D eigenvalue weighted by molar-refractivity contribution is 5.26. The Kier molecular flexibility index (Phi) is 4.85. The van der Waals surface area contributed by atoms with Crippen LogP contribution in [-0.2, 0) is 11.3 Å².